The number of carbonyl (C=O) groups excluding carboxylic acids is 1. The topological polar surface area (TPSA) is 52.3 Å². The van der Waals surface area contributed by atoms with Crippen LogP contribution in [0.4, 0.5) is 0 Å². The van der Waals surface area contributed by atoms with Crippen LogP contribution < -0.4 is 0 Å². The van der Waals surface area contributed by atoms with Crippen LogP contribution in [0.25, 0.3) is 22.0 Å². The molecule has 3 aromatic rings. The van der Waals surface area contributed by atoms with E-state index in [4.69, 9.17) is 9.15 Å². The van der Waals surface area contributed by atoms with Gasteiger partial charge in [-0.2, -0.15) is 0 Å². The summed E-state index contributed by atoms with van der Waals surface area (Å²) in [7, 11) is 1.37. The molecule has 0 spiro atoms. The molecule has 1 aromatic carbocycles. The van der Waals surface area contributed by atoms with Gasteiger partial charge in [0.15, 0.2) is 10.4 Å². The number of hydrogen-bond acceptors (Lipinski definition) is 5. The summed E-state index contributed by atoms with van der Waals surface area (Å²) in [4.78, 5) is 16.1. The first-order valence-corrected chi connectivity index (χ1v) is 7.74. The molecule has 0 atom stereocenters. The van der Waals surface area contributed by atoms with Crippen molar-refractivity contribution < 1.29 is 13.9 Å². The fraction of sp³-hybridized carbons (Fsp3) is 0.0667. The van der Waals surface area contributed by atoms with Crippen LogP contribution in [0.2, 0.25) is 0 Å². The highest BCUT2D eigenvalue weighted by molar-refractivity contribution is 9.10. The van der Waals surface area contributed by atoms with E-state index in [2.05, 4.69) is 20.9 Å². The Kier molecular flexibility index (Phi) is 3.90. The maximum Gasteiger partial charge on any atom is 0.337 e. The fourth-order valence-corrected chi connectivity index (χ4v) is 2.98. The van der Waals surface area contributed by atoms with E-state index in [0.717, 1.165) is 16.3 Å². The number of aromatic nitrogens is 1. The number of rotatable bonds is 3. The van der Waals surface area contributed by atoms with Gasteiger partial charge in [-0.3, -0.25) is 0 Å². The summed E-state index contributed by atoms with van der Waals surface area (Å²) >= 11 is 4.77. The molecule has 0 fully saturated rings. The molecule has 0 radical (unpaired) electrons. The van der Waals surface area contributed by atoms with Crippen LogP contribution in [0.15, 0.2) is 50.9 Å². The van der Waals surface area contributed by atoms with Crippen LogP contribution in [-0.4, -0.2) is 18.1 Å². The average molecular weight is 364 g/mol. The normalized spacial score (nSPS) is 10.6. The Morgan fingerprint density at radius 1 is 1.33 bits per heavy atom. The van der Waals surface area contributed by atoms with Crippen LogP contribution in [0.5, 0.6) is 0 Å². The molecule has 2 heterocycles. The zero-order chi connectivity index (χ0) is 14.8. The smallest absolute Gasteiger partial charge is 0.337 e. The molecule has 3 rings (SSSR count). The quantitative estimate of drug-likeness (QED) is 0.637. The minimum absolute atomic E-state index is 0.358. The highest BCUT2D eigenvalue weighted by atomic mass is 79.9. The number of methoxy groups -OCH3 is 1. The highest BCUT2D eigenvalue weighted by Gasteiger charge is 2.12. The van der Waals surface area contributed by atoms with E-state index in [9.17, 15) is 4.79 Å². The second-order valence-electron chi connectivity index (χ2n) is 4.21. The molecule has 0 amide bonds. The van der Waals surface area contributed by atoms with Gasteiger partial charge in [-0.15, -0.1) is 11.3 Å². The zero-order valence-electron chi connectivity index (χ0n) is 11.0. The van der Waals surface area contributed by atoms with Gasteiger partial charge in [0, 0.05) is 10.9 Å². The summed E-state index contributed by atoms with van der Waals surface area (Å²) in [6.07, 6.45) is 0. The minimum Gasteiger partial charge on any atom is -0.465 e. The van der Waals surface area contributed by atoms with Crippen molar-refractivity contribution in [3.8, 4) is 22.0 Å². The summed E-state index contributed by atoms with van der Waals surface area (Å²) in [5.74, 6) is 0.345. The third-order valence-electron chi connectivity index (χ3n) is 2.86. The molecule has 0 bridgehead atoms. The minimum atomic E-state index is -0.358. The first kappa shape index (κ1) is 14.0. The van der Waals surface area contributed by atoms with Crippen molar-refractivity contribution in [2.24, 2.45) is 0 Å². The van der Waals surface area contributed by atoms with Crippen LogP contribution in [0, 0.1) is 0 Å². The fourth-order valence-electron chi connectivity index (χ4n) is 1.87. The van der Waals surface area contributed by atoms with E-state index in [-0.39, 0.29) is 5.97 Å². The molecule has 0 N–H and O–H groups in total. The highest BCUT2D eigenvalue weighted by Crippen LogP contribution is 2.31. The van der Waals surface area contributed by atoms with Crippen molar-refractivity contribution in [2.45, 2.75) is 0 Å². The van der Waals surface area contributed by atoms with Crippen molar-refractivity contribution >= 4 is 33.2 Å². The van der Waals surface area contributed by atoms with E-state index in [1.807, 2.05) is 29.6 Å². The molecular formula is C15H10BrNO3S. The summed E-state index contributed by atoms with van der Waals surface area (Å²) in [5, 5.41) is 2.74. The number of carbonyl (C=O) groups is 1. The Bertz CT molecular complexity index is 794. The third-order valence-corrected chi connectivity index (χ3v) is 4.18. The predicted molar refractivity (Wildman–Crippen MR) is 84.3 cm³/mol. The van der Waals surface area contributed by atoms with Gasteiger partial charge >= 0.3 is 5.97 Å². The molecule has 6 heteroatoms. The number of benzene rings is 1. The van der Waals surface area contributed by atoms with Gasteiger partial charge in [0.25, 0.3) is 0 Å². The number of halogens is 1. The molecule has 2 aromatic heterocycles. The Balaban J connectivity index is 1.95. The average Bonchev–Trinajstić information content (AvgIpc) is 3.15. The van der Waals surface area contributed by atoms with Crippen LogP contribution in [0.1, 0.15) is 10.4 Å². The van der Waals surface area contributed by atoms with Crippen molar-refractivity contribution in [3.63, 3.8) is 0 Å². The lowest BCUT2D eigenvalue weighted by atomic mass is 10.1. The molecule has 0 unspecified atom stereocenters. The molecule has 21 heavy (non-hydrogen) atoms. The molecular weight excluding hydrogens is 354 g/mol. The molecule has 0 aliphatic heterocycles. The molecule has 0 saturated heterocycles. The standard InChI is InChI=1S/C15H10BrNO3S/c1-19-15(18)10-4-2-3-9(7-10)14-17-11(8-21-14)12-5-6-13(16)20-12/h2-8H,1H3. The van der Waals surface area contributed by atoms with Gasteiger partial charge in [-0.05, 0) is 40.2 Å². The maximum atomic E-state index is 11.6. The van der Waals surface area contributed by atoms with Crippen molar-refractivity contribution in [1.82, 2.24) is 4.98 Å². The van der Waals surface area contributed by atoms with Crippen molar-refractivity contribution in [1.29, 1.82) is 0 Å². The third kappa shape index (κ3) is 2.91. The second kappa shape index (κ2) is 5.83. The predicted octanol–water partition coefficient (Wildman–Crippen LogP) is 4.62. The molecule has 0 aliphatic carbocycles. The van der Waals surface area contributed by atoms with Gasteiger partial charge in [-0.25, -0.2) is 9.78 Å². The van der Waals surface area contributed by atoms with Crippen molar-refractivity contribution in [2.75, 3.05) is 7.11 Å². The lowest BCUT2D eigenvalue weighted by molar-refractivity contribution is 0.0601. The number of furan rings is 1. The SMILES string of the molecule is COC(=O)c1cccc(-c2nc(-c3ccc(Br)o3)cs2)c1. The Labute approximate surface area is 133 Å². The number of hydrogen-bond donors (Lipinski definition) is 0. The summed E-state index contributed by atoms with van der Waals surface area (Å²) in [6.45, 7) is 0. The Morgan fingerprint density at radius 3 is 2.90 bits per heavy atom. The number of ether oxygens (including phenoxy) is 1. The number of nitrogens with zero attached hydrogens (tertiary/aromatic N) is 1. The van der Waals surface area contributed by atoms with Gasteiger partial charge in [0.05, 0.1) is 12.7 Å². The number of thiazole rings is 1. The molecule has 0 saturated carbocycles. The first-order chi connectivity index (χ1) is 10.2. The molecule has 106 valence electrons. The lowest BCUT2D eigenvalue weighted by Crippen LogP contribution is -2.00. The summed E-state index contributed by atoms with van der Waals surface area (Å²) < 4.78 is 10.9. The van der Waals surface area contributed by atoms with Crippen LogP contribution in [-0.2, 0) is 4.74 Å². The maximum absolute atomic E-state index is 11.6. The van der Waals surface area contributed by atoms with Gasteiger partial charge in [0.1, 0.15) is 10.7 Å². The first-order valence-electron chi connectivity index (χ1n) is 6.07. The van der Waals surface area contributed by atoms with Crippen LogP contribution in [0.3, 0.4) is 0 Å². The largest absolute Gasteiger partial charge is 0.465 e. The lowest BCUT2D eigenvalue weighted by Gasteiger charge is -2.01. The Morgan fingerprint density at radius 2 is 2.19 bits per heavy atom. The van der Waals surface area contributed by atoms with E-state index < -0.39 is 0 Å². The summed E-state index contributed by atoms with van der Waals surface area (Å²) in [5.41, 5.74) is 2.15. The van der Waals surface area contributed by atoms with Crippen molar-refractivity contribution in [3.05, 3.63) is 52.0 Å². The zero-order valence-corrected chi connectivity index (χ0v) is 13.4. The van der Waals surface area contributed by atoms with E-state index in [0.29, 0.717) is 16.0 Å². The monoisotopic (exact) mass is 363 g/mol. The summed E-state index contributed by atoms with van der Waals surface area (Å²) in [6, 6.07) is 10.9. The van der Waals surface area contributed by atoms with E-state index in [1.54, 1.807) is 12.1 Å². The van der Waals surface area contributed by atoms with Gasteiger partial charge in [-0.1, -0.05) is 12.1 Å². The van der Waals surface area contributed by atoms with E-state index >= 15 is 0 Å². The molecule has 0 aliphatic rings. The van der Waals surface area contributed by atoms with E-state index in [1.165, 1.54) is 18.4 Å². The van der Waals surface area contributed by atoms with Gasteiger partial charge in [0.2, 0.25) is 0 Å². The number of esters is 1. The van der Waals surface area contributed by atoms with Gasteiger partial charge < -0.3 is 9.15 Å². The van der Waals surface area contributed by atoms with Crippen LogP contribution >= 0.6 is 27.3 Å². The Hall–Kier alpha value is -1.92. The molecule has 4 nitrogen and oxygen atoms in total. The second-order valence-corrected chi connectivity index (χ2v) is 5.85.